The van der Waals surface area contributed by atoms with Gasteiger partial charge < -0.3 is 0 Å². The number of aryl methyl sites for hydroxylation is 2. The fraction of sp³-hybridized carbons (Fsp3) is 0.375. The molecule has 0 aliphatic carbocycles. The van der Waals surface area contributed by atoms with E-state index >= 15 is 0 Å². The fourth-order valence-electron chi connectivity index (χ4n) is 3.22. The number of aromatic nitrogens is 2. The maximum atomic E-state index is 13.1. The summed E-state index contributed by atoms with van der Waals surface area (Å²) < 4.78 is 30.6. The highest BCUT2D eigenvalue weighted by Gasteiger charge is 2.24. The Morgan fingerprint density at radius 2 is 1.70 bits per heavy atom. The van der Waals surface area contributed by atoms with Crippen molar-refractivity contribution in [3.8, 4) is 5.69 Å². The molecule has 0 saturated heterocycles. The number of sulfonamides is 1. The van der Waals surface area contributed by atoms with Crippen LogP contribution in [0.4, 0.5) is 5.82 Å². The number of hydrogen-bond donors (Lipinski definition) is 1. The molecule has 0 aliphatic rings. The predicted molar refractivity (Wildman–Crippen MR) is 123 cm³/mol. The van der Waals surface area contributed by atoms with Crippen molar-refractivity contribution in [2.45, 2.75) is 64.2 Å². The fourth-order valence-corrected chi connectivity index (χ4v) is 4.25. The van der Waals surface area contributed by atoms with Crippen molar-refractivity contribution >= 4 is 15.8 Å². The molecule has 1 aromatic heterocycles. The van der Waals surface area contributed by atoms with E-state index in [1.165, 1.54) is 0 Å². The quantitative estimate of drug-likeness (QED) is 0.534. The molecular weight excluding hydrogens is 394 g/mol. The lowest BCUT2D eigenvalue weighted by molar-refractivity contribution is 0.560. The minimum atomic E-state index is -3.74. The van der Waals surface area contributed by atoms with Crippen molar-refractivity contribution < 1.29 is 8.42 Å². The molecule has 0 atom stereocenters. The lowest BCUT2D eigenvalue weighted by Gasteiger charge is -2.14. The third kappa shape index (κ3) is 4.93. The highest BCUT2D eigenvalue weighted by atomic mass is 32.2. The third-order valence-corrected chi connectivity index (χ3v) is 6.48. The molecule has 6 heteroatoms. The van der Waals surface area contributed by atoms with Crippen LogP contribution in [0.3, 0.4) is 0 Å². The van der Waals surface area contributed by atoms with E-state index in [2.05, 4.69) is 32.4 Å². The normalized spacial score (nSPS) is 12.2. The van der Waals surface area contributed by atoms with Gasteiger partial charge >= 0.3 is 0 Å². The van der Waals surface area contributed by atoms with E-state index in [4.69, 9.17) is 5.10 Å². The van der Waals surface area contributed by atoms with Crippen LogP contribution in [-0.4, -0.2) is 18.2 Å². The van der Waals surface area contributed by atoms with E-state index in [0.29, 0.717) is 5.82 Å². The lowest BCUT2D eigenvalue weighted by atomic mass is 9.92. The van der Waals surface area contributed by atoms with Gasteiger partial charge in [-0.05, 0) is 49.1 Å². The number of nitrogens with one attached hydrogen (secondary N) is 1. The second-order valence-corrected chi connectivity index (χ2v) is 10.4. The largest absolute Gasteiger partial charge is 0.263 e. The van der Waals surface area contributed by atoms with Gasteiger partial charge in [0, 0.05) is 11.5 Å². The first kappa shape index (κ1) is 22.1. The molecule has 0 bridgehead atoms. The van der Waals surface area contributed by atoms with Crippen LogP contribution in [0.5, 0.6) is 0 Å². The number of anilines is 1. The van der Waals surface area contributed by atoms with Gasteiger partial charge in [0.15, 0.2) is 0 Å². The molecule has 0 fully saturated rings. The van der Waals surface area contributed by atoms with Crippen LogP contribution in [0.1, 0.15) is 57.4 Å². The molecule has 0 aliphatic heterocycles. The molecule has 2 aromatic carbocycles. The summed E-state index contributed by atoms with van der Waals surface area (Å²) in [5.41, 5.74) is 3.62. The zero-order chi connectivity index (χ0) is 21.9. The van der Waals surface area contributed by atoms with E-state index in [9.17, 15) is 8.42 Å². The zero-order valence-electron chi connectivity index (χ0n) is 18.4. The third-order valence-electron chi connectivity index (χ3n) is 5.11. The molecule has 1 heterocycles. The first-order chi connectivity index (χ1) is 14.1. The van der Waals surface area contributed by atoms with Gasteiger partial charge in [0.2, 0.25) is 0 Å². The molecule has 3 rings (SSSR count). The molecule has 0 unspecified atom stereocenters. The maximum Gasteiger partial charge on any atom is 0.263 e. The summed E-state index contributed by atoms with van der Waals surface area (Å²) in [5.74, 6) is 0.435. The Morgan fingerprint density at radius 3 is 2.30 bits per heavy atom. The molecule has 5 nitrogen and oxygen atoms in total. The van der Waals surface area contributed by atoms with Gasteiger partial charge in [-0.3, -0.25) is 4.72 Å². The zero-order valence-corrected chi connectivity index (χ0v) is 19.3. The van der Waals surface area contributed by atoms with Crippen molar-refractivity contribution in [2.75, 3.05) is 4.72 Å². The Kier molecular flexibility index (Phi) is 6.36. The summed E-state index contributed by atoms with van der Waals surface area (Å²) in [5, 5.41) is 4.73. The standard InChI is InChI=1S/C24H31N3O2S/c1-6-7-11-19-13-15-20(16-14-19)30(28,29)26-23-17-22(24(3,4)5)25-27(23)21-12-9-8-10-18(21)2/h8-10,12-17,26H,6-7,11H2,1-5H3. The van der Waals surface area contributed by atoms with E-state index < -0.39 is 10.0 Å². The minimum Gasteiger partial charge on any atom is -0.263 e. The molecule has 3 aromatic rings. The average Bonchev–Trinajstić information content (AvgIpc) is 3.10. The second kappa shape index (κ2) is 8.64. The maximum absolute atomic E-state index is 13.1. The monoisotopic (exact) mass is 425 g/mol. The van der Waals surface area contributed by atoms with Crippen LogP contribution in [0.15, 0.2) is 59.5 Å². The van der Waals surface area contributed by atoms with E-state index in [1.807, 2.05) is 49.4 Å². The van der Waals surface area contributed by atoms with Crippen LogP contribution in [-0.2, 0) is 21.9 Å². The van der Waals surface area contributed by atoms with Crippen molar-refractivity contribution in [3.05, 3.63) is 71.4 Å². The van der Waals surface area contributed by atoms with Crippen LogP contribution >= 0.6 is 0 Å². The Bertz CT molecular complexity index is 1110. The number of unbranched alkanes of at least 4 members (excludes halogenated alkanes) is 1. The topological polar surface area (TPSA) is 64.0 Å². The van der Waals surface area contributed by atoms with Crippen molar-refractivity contribution in [1.29, 1.82) is 0 Å². The lowest BCUT2D eigenvalue weighted by Crippen LogP contribution is -2.16. The Balaban J connectivity index is 1.98. The van der Waals surface area contributed by atoms with Gasteiger partial charge in [-0.15, -0.1) is 0 Å². The Labute approximate surface area is 180 Å². The summed E-state index contributed by atoms with van der Waals surface area (Å²) in [6.45, 7) is 10.3. The van der Waals surface area contributed by atoms with Crippen molar-refractivity contribution in [2.24, 2.45) is 0 Å². The summed E-state index contributed by atoms with van der Waals surface area (Å²) >= 11 is 0. The van der Waals surface area contributed by atoms with Crippen LogP contribution in [0.2, 0.25) is 0 Å². The van der Waals surface area contributed by atoms with Crippen molar-refractivity contribution in [3.63, 3.8) is 0 Å². The number of hydrogen-bond acceptors (Lipinski definition) is 3. The molecule has 0 spiro atoms. The summed E-state index contributed by atoms with van der Waals surface area (Å²) in [6, 6.07) is 16.8. The highest BCUT2D eigenvalue weighted by molar-refractivity contribution is 7.92. The van der Waals surface area contributed by atoms with Crippen molar-refractivity contribution in [1.82, 2.24) is 9.78 Å². The van der Waals surface area contributed by atoms with Gasteiger partial charge in [-0.1, -0.05) is 64.4 Å². The molecule has 0 amide bonds. The van der Waals surface area contributed by atoms with E-state index in [0.717, 1.165) is 41.8 Å². The first-order valence-electron chi connectivity index (χ1n) is 10.4. The number of nitrogens with zero attached hydrogens (tertiary/aromatic N) is 2. The predicted octanol–water partition coefficient (Wildman–Crippen LogP) is 5.62. The van der Waals surface area contributed by atoms with Crippen LogP contribution in [0.25, 0.3) is 5.69 Å². The van der Waals surface area contributed by atoms with E-state index in [1.54, 1.807) is 16.8 Å². The average molecular weight is 426 g/mol. The summed E-state index contributed by atoms with van der Waals surface area (Å²) in [4.78, 5) is 0.248. The summed E-state index contributed by atoms with van der Waals surface area (Å²) in [7, 11) is -3.74. The number of benzene rings is 2. The van der Waals surface area contributed by atoms with Gasteiger partial charge in [-0.2, -0.15) is 5.10 Å². The molecule has 1 N–H and O–H groups in total. The number of rotatable bonds is 7. The molecule has 160 valence electrons. The highest BCUT2D eigenvalue weighted by Crippen LogP contribution is 2.29. The van der Waals surface area contributed by atoms with E-state index in [-0.39, 0.29) is 10.3 Å². The van der Waals surface area contributed by atoms with Crippen LogP contribution in [0, 0.1) is 6.92 Å². The number of para-hydroxylation sites is 1. The van der Waals surface area contributed by atoms with Gasteiger partial charge in [0.1, 0.15) is 5.82 Å². The van der Waals surface area contributed by atoms with Gasteiger partial charge in [-0.25, -0.2) is 13.1 Å². The molecule has 30 heavy (non-hydrogen) atoms. The summed E-state index contributed by atoms with van der Waals surface area (Å²) in [6.07, 6.45) is 3.16. The SMILES string of the molecule is CCCCc1ccc(S(=O)(=O)Nc2cc(C(C)(C)C)nn2-c2ccccc2C)cc1. The molecule has 0 saturated carbocycles. The smallest absolute Gasteiger partial charge is 0.263 e. The molecular formula is C24H31N3O2S. The minimum absolute atomic E-state index is 0.213. The second-order valence-electron chi connectivity index (χ2n) is 8.72. The first-order valence-corrected chi connectivity index (χ1v) is 11.9. The Morgan fingerprint density at radius 1 is 1.03 bits per heavy atom. The Hall–Kier alpha value is -2.60. The van der Waals surface area contributed by atoms with Gasteiger partial charge in [0.25, 0.3) is 10.0 Å². The molecule has 0 radical (unpaired) electrons. The van der Waals surface area contributed by atoms with Gasteiger partial charge in [0.05, 0.1) is 16.3 Å². The van der Waals surface area contributed by atoms with Crippen LogP contribution < -0.4 is 4.72 Å².